The fraction of sp³-hybridized carbons (Fsp3) is 0.308. The zero-order chi connectivity index (χ0) is 14.1. The third-order valence-electron chi connectivity index (χ3n) is 2.95. The van der Waals surface area contributed by atoms with E-state index in [1.54, 1.807) is 11.3 Å². The summed E-state index contributed by atoms with van der Waals surface area (Å²) in [7, 11) is 0. The van der Waals surface area contributed by atoms with Crippen LogP contribution in [0.4, 0.5) is 0 Å². The van der Waals surface area contributed by atoms with Crippen molar-refractivity contribution in [2.24, 2.45) is 0 Å². The van der Waals surface area contributed by atoms with E-state index in [9.17, 15) is 4.79 Å². The number of fused-ring (bicyclic) bond motifs is 1. The molecule has 0 spiro atoms. The van der Waals surface area contributed by atoms with Crippen molar-refractivity contribution < 1.29 is 0 Å². The normalized spacial score (nSPS) is 12.9. The van der Waals surface area contributed by atoms with Crippen LogP contribution in [0, 0.1) is 6.92 Å². The summed E-state index contributed by atoms with van der Waals surface area (Å²) in [6, 6.07) is 2.00. The molecule has 0 aromatic carbocycles. The number of aromatic nitrogens is 3. The Labute approximate surface area is 123 Å². The second-order valence-corrected chi connectivity index (χ2v) is 6.38. The number of aryl methyl sites for hydroxylation is 1. The van der Waals surface area contributed by atoms with Crippen molar-refractivity contribution in [1.29, 1.82) is 0 Å². The zero-order valence-electron chi connectivity index (χ0n) is 11.1. The van der Waals surface area contributed by atoms with Crippen LogP contribution < -0.4 is 10.9 Å². The fourth-order valence-electron chi connectivity index (χ4n) is 1.91. The molecule has 0 bridgehead atoms. The SMILES string of the molecule is Cc1csc(C(C)NCc2nc3ccsc3c(=O)[nH]2)n1. The Morgan fingerprint density at radius 3 is 3.00 bits per heavy atom. The Bertz CT molecular complexity index is 789. The Hall–Kier alpha value is -1.57. The van der Waals surface area contributed by atoms with Crippen LogP contribution in [0.2, 0.25) is 0 Å². The highest BCUT2D eigenvalue weighted by Gasteiger charge is 2.10. The van der Waals surface area contributed by atoms with E-state index in [0.717, 1.165) is 16.2 Å². The number of rotatable bonds is 4. The van der Waals surface area contributed by atoms with Crippen LogP contribution >= 0.6 is 22.7 Å². The molecule has 0 radical (unpaired) electrons. The number of hydrogen-bond donors (Lipinski definition) is 2. The van der Waals surface area contributed by atoms with E-state index in [-0.39, 0.29) is 11.6 Å². The molecular formula is C13H14N4OS2. The summed E-state index contributed by atoms with van der Waals surface area (Å²) in [4.78, 5) is 23.6. The van der Waals surface area contributed by atoms with E-state index in [0.29, 0.717) is 17.1 Å². The highest BCUT2D eigenvalue weighted by molar-refractivity contribution is 7.17. The minimum absolute atomic E-state index is 0.0699. The van der Waals surface area contributed by atoms with Crippen molar-refractivity contribution in [2.75, 3.05) is 0 Å². The van der Waals surface area contributed by atoms with Gasteiger partial charge in [0.25, 0.3) is 5.56 Å². The predicted octanol–water partition coefficient (Wildman–Crippen LogP) is 2.60. The Morgan fingerprint density at radius 2 is 2.25 bits per heavy atom. The lowest BCUT2D eigenvalue weighted by atomic mass is 10.3. The first-order valence-corrected chi connectivity index (χ1v) is 8.01. The second-order valence-electron chi connectivity index (χ2n) is 4.58. The maximum absolute atomic E-state index is 11.9. The molecule has 104 valence electrons. The van der Waals surface area contributed by atoms with Crippen molar-refractivity contribution in [1.82, 2.24) is 20.3 Å². The minimum atomic E-state index is -0.0699. The lowest BCUT2D eigenvalue weighted by Crippen LogP contribution is -2.21. The summed E-state index contributed by atoms with van der Waals surface area (Å²) >= 11 is 3.05. The molecule has 0 aliphatic heterocycles. The first kappa shape index (κ1) is 13.4. The maximum atomic E-state index is 11.9. The molecule has 3 rings (SSSR count). The lowest BCUT2D eigenvalue weighted by Gasteiger charge is -2.10. The first-order chi connectivity index (χ1) is 9.63. The highest BCUT2D eigenvalue weighted by atomic mass is 32.1. The van der Waals surface area contributed by atoms with E-state index in [1.165, 1.54) is 11.3 Å². The van der Waals surface area contributed by atoms with Gasteiger partial charge in [0, 0.05) is 11.1 Å². The van der Waals surface area contributed by atoms with Gasteiger partial charge in [-0.3, -0.25) is 4.79 Å². The number of hydrogen-bond acceptors (Lipinski definition) is 6. The standard InChI is InChI=1S/C13H14N4OS2/c1-7-6-20-13(15-7)8(2)14-5-10-16-9-3-4-19-11(9)12(18)17-10/h3-4,6,8,14H,5H2,1-2H3,(H,16,17,18). The van der Waals surface area contributed by atoms with Crippen LogP contribution in [0.5, 0.6) is 0 Å². The smallest absolute Gasteiger partial charge is 0.268 e. The molecule has 0 saturated carbocycles. The van der Waals surface area contributed by atoms with Crippen LogP contribution in [0.1, 0.15) is 29.5 Å². The van der Waals surface area contributed by atoms with Crippen molar-refractivity contribution in [3.63, 3.8) is 0 Å². The van der Waals surface area contributed by atoms with Crippen LogP contribution in [-0.2, 0) is 6.54 Å². The molecule has 5 nitrogen and oxygen atoms in total. The quantitative estimate of drug-likeness (QED) is 0.777. The molecule has 3 aromatic heterocycles. The largest absolute Gasteiger partial charge is 0.308 e. The monoisotopic (exact) mass is 306 g/mol. The molecule has 7 heteroatoms. The Morgan fingerprint density at radius 1 is 1.40 bits per heavy atom. The van der Waals surface area contributed by atoms with Gasteiger partial charge in [0.15, 0.2) is 0 Å². The average Bonchev–Trinajstić information content (AvgIpc) is 3.04. The number of nitrogens with zero attached hydrogens (tertiary/aromatic N) is 2. The summed E-state index contributed by atoms with van der Waals surface area (Å²) in [5, 5.41) is 8.29. The lowest BCUT2D eigenvalue weighted by molar-refractivity contribution is 0.556. The Kier molecular flexibility index (Phi) is 3.64. The van der Waals surface area contributed by atoms with Crippen LogP contribution in [-0.4, -0.2) is 15.0 Å². The molecule has 0 aliphatic carbocycles. The molecule has 0 fully saturated rings. The van der Waals surface area contributed by atoms with Gasteiger partial charge in [-0.25, -0.2) is 9.97 Å². The molecule has 0 aliphatic rings. The number of thiophene rings is 1. The summed E-state index contributed by atoms with van der Waals surface area (Å²) in [5.41, 5.74) is 1.72. The summed E-state index contributed by atoms with van der Waals surface area (Å²) in [6.07, 6.45) is 0. The van der Waals surface area contributed by atoms with E-state index in [1.807, 2.05) is 23.8 Å². The van der Waals surface area contributed by atoms with E-state index < -0.39 is 0 Å². The number of thiazole rings is 1. The zero-order valence-corrected chi connectivity index (χ0v) is 12.8. The van der Waals surface area contributed by atoms with Gasteiger partial charge in [-0.15, -0.1) is 22.7 Å². The topological polar surface area (TPSA) is 70.7 Å². The van der Waals surface area contributed by atoms with Crippen molar-refractivity contribution in [3.05, 3.63) is 43.7 Å². The molecular weight excluding hydrogens is 292 g/mol. The molecule has 3 aromatic rings. The van der Waals surface area contributed by atoms with Gasteiger partial charge in [0.2, 0.25) is 0 Å². The summed E-state index contributed by atoms with van der Waals surface area (Å²) < 4.78 is 0.678. The Balaban J connectivity index is 1.75. The van der Waals surface area contributed by atoms with E-state index >= 15 is 0 Å². The van der Waals surface area contributed by atoms with Gasteiger partial charge in [-0.1, -0.05) is 0 Å². The highest BCUT2D eigenvalue weighted by Crippen LogP contribution is 2.18. The predicted molar refractivity (Wildman–Crippen MR) is 82.3 cm³/mol. The van der Waals surface area contributed by atoms with Crippen LogP contribution in [0.3, 0.4) is 0 Å². The first-order valence-electron chi connectivity index (χ1n) is 6.25. The summed E-state index contributed by atoms with van der Waals surface area (Å²) in [5.74, 6) is 0.654. The van der Waals surface area contributed by atoms with Gasteiger partial charge in [0.05, 0.1) is 18.1 Å². The fourth-order valence-corrected chi connectivity index (χ4v) is 3.47. The third kappa shape index (κ3) is 2.65. The van der Waals surface area contributed by atoms with Crippen molar-refractivity contribution >= 4 is 32.9 Å². The van der Waals surface area contributed by atoms with E-state index in [4.69, 9.17) is 0 Å². The third-order valence-corrected chi connectivity index (χ3v) is 4.99. The van der Waals surface area contributed by atoms with Gasteiger partial charge in [-0.05, 0) is 25.3 Å². The molecule has 20 heavy (non-hydrogen) atoms. The van der Waals surface area contributed by atoms with Crippen LogP contribution in [0.15, 0.2) is 21.6 Å². The summed E-state index contributed by atoms with van der Waals surface area (Å²) in [6.45, 7) is 4.55. The second kappa shape index (κ2) is 5.43. The van der Waals surface area contributed by atoms with Crippen molar-refractivity contribution in [2.45, 2.75) is 26.4 Å². The average molecular weight is 306 g/mol. The number of nitrogens with one attached hydrogen (secondary N) is 2. The number of aromatic amines is 1. The molecule has 0 amide bonds. The maximum Gasteiger partial charge on any atom is 0.268 e. The van der Waals surface area contributed by atoms with Crippen molar-refractivity contribution in [3.8, 4) is 0 Å². The van der Waals surface area contributed by atoms with E-state index in [2.05, 4.69) is 27.2 Å². The minimum Gasteiger partial charge on any atom is -0.308 e. The molecule has 2 N–H and O–H groups in total. The van der Waals surface area contributed by atoms with Gasteiger partial charge >= 0.3 is 0 Å². The molecule has 1 atom stereocenters. The molecule has 3 heterocycles. The van der Waals surface area contributed by atoms with Gasteiger partial charge < -0.3 is 10.3 Å². The molecule has 1 unspecified atom stereocenters. The number of H-pyrrole nitrogens is 1. The van der Waals surface area contributed by atoms with Gasteiger partial charge in [0.1, 0.15) is 15.5 Å². The van der Waals surface area contributed by atoms with Gasteiger partial charge in [-0.2, -0.15) is 0 Å². The molecule has 0 saturated heterocycles. The van der Waals surface area contributed by atoms with Crippen LogP contribution in [0.25, 0.3) is 10.2 Å².